The van der Waals surface area contributed by atoms with Crippen LogP contribution in [0.15, 0.2) is 12.7 Å². The number of nitrogens with zero attached hydrogens (tertiary/aromatic N) is 1. The highest BCUT2D eigenvalue weighted by molar-refractivity contribution is 5.95. The quantitative estimate of drug-likeness (QED) is 0.556. The van der Waals surface area contributed by atoms with E-state index >= 15 is 0 Å². The van der Waals surface area contributed by atoms with Gasteiger partial charge in [0.1, 0.15) is 0 Å². The Morgan fingerprint density at radius 3 is 2.56 bits per heavy atom. The Labute approximate surface area is 109 Å². The lowest BCUT2D eigenvalue weighted by Gasteiger charge is -2.28. The van der Waals surface area contributed by atoms with Crippen molar-refractivity contribution < 1.29 is 9.59 Å². The molecule has 0 aromatic carbocycles. The van der Waals surface area contributed by atoms with Gasteiger partial charge in [0.15, 0.2) is 0 Å². The van der Waals surface area contributed by atoms with E-state index in [1.807, 2.05) is 25.8 Å². The van der Waals surface area contributed by atoms with Gasteiger partial charge in [-0.1, -0.05) is 19.9 Å². The molecular weight excluding hydrogens is 232 g/mol. The molecule has 0 radical (unpaired) electrons. The van der Waals surface area contributed by atoms with Gasteiger partial charge in [-0.05, 0) is 19.0 Å². The molecule has 3 amide bonds. The first-order valence-electron chi connectivity index (χ1n) is 5.88. The van der Waals surface area contributed by atoms with Gasteiger partial charge in [0.25, 0.3) is 0 Å². The fourth-order valence-electron chi connectivity index (χ4n) is 1.47. The van der Waals surface area contributed by atoms with Crippen molar-refractivity contribution in [2.45, 2.75) is 13.8 Å². The van der Waals surface area contributed by atoms with Crippen LogP contribution in [0, 0.1) is 5.41 Å². The summed E-state index contributed by atoms with van der Waals surface area (Å²) in [4.78, 5) is 24.6. The zero-order chi connectivity index (χ0) is 14.2. The molecule has 4 N–H and O–H groups in total. The van der Waals surface area contributed by atoms with Gasteiger partial charge in [-0.15, -0.1) is 6.58 Å². The first-order chi connectivity index (χ1) is 8.30. The molecule has 0 saturated carbocycles. The van der Waals surface area contributed by atoms with E-state index in [1.165, 1.54) is 0 Å². The number of urea groups is 1. The van der Waals surface area contributed by atoms with Crippen molar-refractivity contribution in [3.05, 3.63) is 12.7 Å². The number of hydrogen-bond donors (Lipinski definition) is 3. The predicted octanol–water partition coefficient (Wildman–Crippen LogP) is -0.0851. The topological polar surface area (TPSA) is 87.5 Å². The molecule has 0 bridgehead atoms. The summed E-state index contributed by atoms with van der Waals surface area (Å²) >= 11 is 0. The van der Waals surface area contributed by atoms with E-state index in [9.17, 15) is 9.59 Å². The summed E-state index contributed by atoms with van der Waals surface area (Å²) in [7, 11) is 1.82. The lowest BCUT2D eigenvalue weighted by Crippen LogP contribution is -2.46. The van der Waals surface area contributed by atoms with Crippen molar-refractivity contribution >= 4 is 11.9 Å². The fraction of sp³-hybridized carbons (Fsp3) is 0.667. The first kappa shape index (κ1) is 16.6. The van der Waals surface area contributed by atoms with Gasteiger partial charge in [-0.3, -0.25) is 15.0 Å². The lowest BCUT2D eigenvalue weighted by atomic mass is 9.93. The van der Waals surface area contributed by atoms with Crippen molar-refractivity contribution in [2.24, 2.45) is 11.1 Å². The van der Waals surface area contributed by atoms with E-state index in [4.69, 9.17) is 5.73 Å². The Bertz CT molecular complexity index is 302. The molecule has 0 aromatic heterocycles. The van der Waals surface area contributed by atoms with Crippen molar-refractivity contribution in [3.63, 3.8) is 0 Å². The van der Waals surface area contributed by atoms with Crippen LogP contribution in [-0.2, 0) is 4.79 Å². The first-order valence-corrected chi connectivity index (χ1v) is 5.88. The summed E-state index contributed by atoms with van der Waals surface area (Å²) in [6, 6.07) is -0.508. The van der Waals surface area contributed by atoms with Crippen LogP contribution in [0.1, 0.15) is 13.8 Å². The number of carbonyl (C=O) groups excluding carboxylic acids is 2. The summed E-state index contributed by atoms with van der Waals surface area (Å²) in [6.45, 7) is 9.23. The Hall–Kier alpha value is -1.40. The second kappa shape index (κ2) is 7.84. The maximum atomic E-state index is 11.5. The fourth-order valence-corrected chi connectivity index (χ4v) is 1.47. The third kappa shape index (κ3) is 7.81. The smallest absolute Gasteiger partial charge is 0.321 e. The van der Waals surface area contributed by atoms with Gasteiger partial charge >= 0.3 is 6.03 Å². The predicted molar refractivity (Wildman–Crippen MR) is 72.1 cm³/mol. The molecule has 6 heteroatoms. The molecule has 0 unspecified atom stereocenters. The van der Waals surface area contributed by atoms with E-state index in [0.717, 1.165) is 0 Å². The average molecular weight is 256 g/mol. The van der Waals surface area contributed by atoms with E-state index in [1.54, 1.807) is 6.08 Å². The molecule has 18 heavy (non-hydrogen) atoms. The van der Waals surface area contributed by atoms with Gasteiger partial charge in [-0.25, -0.2) is 4.79 Å². The highest BCUT2D eigenvalue weighted by atomic mass is 16.2. The van der Waals surface area contributed by atoms with Crippen molar-refractivity contribution in [3.8, 4) is 0 Å². The standard InChI is InChI=1S/C12H24N4O2/c1-5-6-14-11(18)15-10(17)7-16(4)9-12(2,3)8-13/h5H,1,6-9,13H2,2-4H3,(H2,14,15,17,18). The van der Waals surface area contributed by atoms with Gasteiger partial charge in [0.05, 0.1) is 6.54 Å². The molecule has 104 valence electrons. The van der Waals surface area contributed by atoms with Crippen LogP contribution < -0.4 is 16.4 Å². The van der Waals surface area contributed by atoms with Gasteiger partial charge in [0, 0.05) is 13.1 Å². The zero-order valence-electron chi connectivity index (χ0n) is 11.5. The van der Waals surface area contributed by atoms with Gasteiger partial charge in [-0.2, -0.15) is 0 Å². The molecule has 6 nitrogen and oxygen atoms in total. The Balaban J connectivity index is 4.01. The minimum Gasteiger partial charge on any atom is -0.334 e. The second-order valence-electron chi connectivity index (χ2n) is 5.09. The molecular formula is C12H24N4O2. The summed E-state index contributed by atoms with van der Waals surface area (Å²) in [5.74, 6) is -0.341. The summed E-state index contributed by atoms with van der Waals surface area (Å²) < 4.78 is 0. The number of nitrogens with two attached hydrogens (primary N) is 1. The number of imide groups is 1. The monoisotopic (exact) mass is 256 g/mol. The summed E-state index contributed by atoms with van der Waals surface area (Å²) in [5, 5.41) is 4.71. The third-order valence-corrected chi connectivity index (χ3v) is 2.32. The van der Waals surface area contributed by atoms with E-state index in [0.29, 0.717) is 19.6 Å². The number of nitrogens with one attached hydrogen (secondary N) is 2. The summed E-state index contributed by atoms with van der Waals surface area (Å²) in [6.07, 6.45) is 1.54. The molecule has 0 aliphatic rings. The Kier molecular flexibility index (Phi) is 7.23. The molecule has 0 aliphatic carbocycles. The minimum absolute atomic E-state index is 0.0554. The lowest BCUT2D eigenvalue weighted by molar-refractivity contribution is -0.121. The molecule has 0 fully saturated rings. The zero-order valence-corrected chi connectivity index (χ0v) is 11.5. The second-order valence-corrected chi connectivity index (χ2v) is 5.09. The minimum atomic E-state index is -0.508. The molecule has 0 rings (SSSR count). The largest absolute Gasteiger partial charge is 0.334 e. The highest BCUT2D eigenvalue weighted by Crippen LogP contribution is 2.13. The van der Waals surface area contributed by atoms with Crippen molar-refractivity contribution in [1.29, 1.82) is 0 Å². The highest BCUT2D eigenvalue weighted by Gasteiger charge is 2.19. The van der Waals surface area contributed by atoms with Crippen LogP contribution in [0.5, 0.6) is 0 Å². The normalized spacial score (nSPS) is 11.2. The van der Waals surface area contributed by atoms with Gasteiger partial charge < -0.3 is 11.1 Å². The van der Waals surface area contributed by atoms with E-state index in [-0.39, 0.29) is 17.9 Å². The molecule has 0 aromatic rings. The van der Waals surface area contributed by atoms with Crippen LogP contribution in [0.2, 0.25) is 0 Å². The van der Waals surface area contributed by atoms with Crippen molar-refractivity contribution in [2.75, 3.05) is 33.2 Å². The number of hydrogen-bond acceptors (Lipinski definition) is 4. The van der Waals surface area contributed by atoms with Gasteiger partial charge in [0.2, 0.25) is 5.91 Å². The number of rotatable bonds is 7. The summed E-state index contributed by atoms with van der Waals surface area (Å²) in [5.41, 5.74) is 5.56. The van der Waals surface area contributed by atoms with Crippen LogP contribution in [0.4, 0.5) is 4.79 Å². The average Bonchev–Trinajstić information content (AvgIpc) is 2.25. The van der Waals surface area contributed by atoms with Crippen LogP contribution >= 0.6 is 0 Å². The molecule has 0 spiro atoms. The Morgan fingerprint density at radius 1 is 1.44 bits per heavy atom. The van der Waals surface area contributed by atoms with Crippen LogP contribution in [0.3, 0.4) is 0 Å². The molecule has 0 heterocycles. The molecule has 0 saturated heterocycles. The van der Waals surface area contributed by atoms with Crippen molar-refractivity contribution in [1.82, 2.24) is 15.5 Å². The maximum absolute atomic E-state index is 11.5. The number of amides is 3. The maximum Gasteiger partial charge on any atom is 0.321 e. The van der Waals surface area contributed by atoms with E-state index < -0.39 is 6.03 Å². The number of likely N-dealkylation sites (N-methyl/N-ethyl adjacent to an activating group) is 1. The SMILES string of the molecule is C=CCNC(=O)NC(=O)CN(C)CC(C)(C)CN. The van der Waals surface area contributed by atoms with Crippen LogP contribution in [0.25, 0.3) is 0 Å². The van der Waals surface area contributed by atoms with Crippen LogP contribution in [-0.4, -0.2) is 50.1 Å². The Morgan fingerprint density at radius 2 is 2.06 bits per heavy atom. The number of carbonyl (C=O) groups is 2. The van der Waals surface area contributed by atoms with E-state index in [2.05, 4.69) is 17.2 Å². The molecule has 0 atom stereocenters. The third-order valence-electron chi connectivity index (χ3n) is 2.32. The molecule has 0 aliphatic heterocycles.